The highest BCUT2D eigenvalue weighted by Gasteiger charge is 2.28. The number of amides is 1. The van der Waals surface area contributed by atoms with E-state index in [1.165, 1.54) is 35.0 Å². The topological polar surface area (TPSA) is 97.2 Å². The first kappa shape index (κ1) is 20.8. The molecule has 2 aromatic heterocycles. The average Bonchev–Trinajstić information content (AvgIpc) is 2.94. The van der Waals surface area contributed by atoms with Gasteiger partial charge in [0.2, 0.25) is 0 Å². The van der Waals surface area contributed by atoms with Gasteiger partial charge in [-0.15, -0.1) is 0 Å². The largest absolute Gasteiger partial charge is 0.307 e. The van der Waals surface area contributed by atoms with Gasteiger partial charge in [-0.05, 0) is 38.1 Å². The molecule has 29 heavy (non-hydrogen) atoms. The number of benzene rings is 1. The molecule has 0 aliphatic heterocycles. The van der Waals surface area contributed by atoms with Gasteiger partial charge in [0.1, 0.15) is 5.69 Å². The van der Waals surface area contributed by atoms with Crippen LogP contribution in [0.15, 0.2) is 47.5 Å². The molecule has 1 amide bonds. The van der Waals surface area contributed by atoms with Gasteiger partial charge in [-0.25, -0.2) is 13.4 Å². The number of carbonyl (C=O) groups is 1. The third-order valence-electron chi connectivity index (χ3n) is 4.40. The monoisotopic (exact) mass is 433 g/mol. The number of anilines is 2. The first-order chi connectivity index (χ1) is 13.6. The Hall–Kier alpha value is -2.91. The molecule has 0 spiro atoms. The highest BCUT2D eigenvalue weighted by Crippen LogP contribution is 2.28. The third kappa shape index (κ3) is 4.10. The summed E-state index contributed by atoms with van der Waals surface area (Å²) in [5.74, 6) is -0.482. The van der Waals surface area contributed by atoms with E-state index in [0.29, 0.717) is 11.4 Å². The molecule has 0 aliphatic carbocycles. The predicted molar refractivity (Wildman–Crippen MR) is 112 cm³/mol. The first-order valence-electron chi connectivity index (χ1n) is 8.63. The highest BCUT2D eigenvalue weighted by molar-refractivity contribution is 7.92. The molecule has 1 N–H and O–H groups in total. The molecule has 10 heteroatoms. The van der Waals surface area contributed by atoms with E-state index < -0.39 is 15.9 Å². The summed E-state index contributed by atoms with van der Waals surface area (Å²) < 4.78 is 29.5. The van der Waals surface area contributed by atoms with Crippen LogP contribution in [0, 0.1) is 13.8 Å². The summed E-state index contributed by atoms with van der Waals surface area (Å²) >= 11 is 6.10. The summed E-state index contributed by atoms with van der Waals surface area (Å²) in [6.45, 7) is 3.49. The van der Waals surface area contributed by atoms with Crippen LogP contribution in [0.5, 0.6) is 0 Å². The summed E-state index contributed by atoms with van der Waals surface area (Å²) in [5.41, 5.74) is 1.90. The van der Waals surface area contributed by atoms with Crippen molar-refractivity contribution in [2.24, 2.45) is 7.05 Å². The second kappa shape index (κ2) is 7.84. The average molecular weight is 434 g/mol. The lowest BCUT2D eigenvalue weighted by Crippen LogP contribution is -2.30. The first-order valence-corrected chi connectivity index (χ1v) is 10.5. The molecule has 0 saturated heterocycles. The lowest BCUT2D eigenvalue weighted by atomic mass is 10.2. The van der Waals surface area contributed by atoms with Gasteiger partial charge < -0.3 is 4.90 Å². The number of aromatic nitrogens is 3. The van der Waals surface area contributed by atoms with Crippen LogP contribution >= 0.6 is 11.6 Å². The van der Waals surface area contributed by atoms with Crippen LogP contribution in [-0.4, -0.2) is 36.1 Å². The van der Waals surface area contributed by atoms with Crippen LogP contribution in [0.25, 0.3) is 0 Å². The standard InChI is InChI=1S/C19H20ClN5O3S/c1-12-7-9-14(10-8-12)29(27,28)23-16-13(2)22-25(4)17(16)19(26)24(3)15-6-5-11-21-18(15)20/h5-11,23H,1-4H3. The maximum Gasteiger partial charge on any atom is 0.278 e. The van der Waals surface area contributed by atoms with E-state index in [1.54, 1.807) is 38.2 Å². The Morgan fingerprint density at radius 2 is 1.83 bits per heavy atom. The zero-order valence-electron chi connectivity index (χ0n) is 16.3. The molecule has 0 fully saturated rings. The zero-order chi connectivity index (χ0) is 21.3. The predicted octanol–water partition coefficient (Wildman–Crippen LogP) is 3.16. The minimum atomic E-state index is -3.91. The van der Waals surface area contributed by atoms with Gasteiger partial charge in [-0.3, -0.25) is 14.2 Å². The quantitative estimate of drug-likeness (QED) is 0.623. The van der Waals surface area contributed by atoms with Gasteiger partial charge >= 0.3 is 0 Å². The highest BCUT2D eigenvalue weighted by atomic mass is 35.5. The molecule has 3 aromatic rings. The van der Waals surface area contributed by atoms with Crippen LogP contribution in [0.4, 0.5) is 11.4 Å². The van der Waals surface area contributed by atoms with Gasteiger partial charge in [0.05, 0.1) is 16.3 Å². The number of hydrogen-bond acceptors (Lipinski definition) is 5. The minimum absolute atomic E-state index is 0.0839. The molecule has 0 atom stereocenters. The fourth-order valence-corrected chi connectivity index (χ4v) is 4.20. The Morgan fingerprint density at radius 1 is 1.17 bits per heavy atom. The number of pyridine rings is 1. The van der Waals surface area contributed by atoms with Crippen LogP contribution in [0.2, 0.25) is 5.15 Å². The number of nitrogens with zero attached hydrogens (tertiary/aromatic N) is 4. The van der Waals surface area contributed by atoms with Crippen LogP contribution in [0.3, 0.4) is 0 Å². The van der Waals surface area contributed by atoms with Crippen molar-refractivity contribution in [1.29, 1.82) is 0 Å². The maximum atomic E-state index is 13.2. The molecule has 0 saturated carbocycles. The lowest BCUT2D eigenvalue weighted by Gasteiger charge is -2.19. The molecule has 1 aromatic carbocycles. The zero-order valence-corrected chi connectivity index (χ0v) is 17.9. The van der Waals surface area contributed by atoms with Crippen molar-refractivity contribution in [1.82, 2.24) is 14.8 Å². The smallest absolute Gasteiger partial charge is 0.278 e. The maximum absolute atomic E-state index is 13.2. The second-order valence-electron chi connectivity index (χ2n) is 6.53. The van der Waals surface area contributed by atoms with E-state index in [9.17, 15) is 13.2 Å². The van der Waals surface area contributed by atoms with Crippen molar-refractivity contribution in [3.63, 3.8) is 0 Å². The van der Waals surface area contributed by atoms with Crippen LogP contribution in [0.1, 0.15) is 21.7 Å². The Balaban J connectivity index is 2.01. The number of rotatable bonds is 5. The molecular weight excluding hydrogens is 414 g/mol. The van der Waals surface area contributed by atoms with E-state index >= 15 is 0 Å². The number of sulfonamides is 1. The Bertz CT molecular complexity index is 1170. The van der Waals surface area contributed by atoms with Gasteiger partial charge in [-0.2, -0.15) is 5.10 Å². The molecule has 2 heterocycles. The van der Waals surface area contributed by atoms with Crippen molar-refractivity contribution in [3.8, 4) is 0 Å². The van der Waals surface area contributed by atoms with E-state index in [4.69, 9.17) is 11.6 Å². The molecule has 0 radical (unpaired) electrons. The van der Waals surface area contributed by atoms with Gasteiger partial charge in [-0.1, -0.05) is 29.3 Å². The summed E-state index contributed by atoms with van der Waals surface area (Å²) in [4.78, 5) is 18.5. The molecule has 0 unspecified atom stereocenters. The Morgan fingerprint density at radius 3 is 2.45 bits per heavy atom. The molecular formula is C19H20ClN5O3S. The van der Waals surface area contributed by atoms with Gasteiger partial charge in [0.15, 0.2) is 10.8 Å². The normalized spacial score (nSPS) is 11.3. The van der Waals surface area contributed by atoms with Gasteiger partial charge in [0.25, 0.3) is 15.9 Å². The third-order valence-corrected chi connectivity index (χ3v) is 6.05. The summed E-state index contributed by atoms with van der Waals surface area (Å²) in [7, 11) is -0.801. The Kier molecular flexibility index (Phi) is 5.63. The molecule has 8 nitrogen and oxygen atoms in total. The second-order valence-corrected chi connectivity index (χ2v) is 8.57. The van der Waals surface area contributed by atoms with Crippen LogP contribution in [-0.2, 0) is 17.1 Å². The van der Waals surface area contributed by atoms with Gasteiger partial charge in [0, 0.05) is 20.3 Å². The van der Waals surface area contributed by atoms with E-state index in [-0.39, 0.29) is 21.4 Å². The van der Waals surface area contributed by atoms with Crippen molar-refractivity contribution in [3.05, 3.63) is 64.7 Å². The summed E-state index contributed by atoms with van der Waals surface area (Å²) in [5, 5.41) is 4.37. The number of carbonyl (C=O) groups excluding carboxylic acids is 1. The van der Waals surface area contributed by atoms with Crippen molar-refractivity contribution in [2.75, 3.05) is 16.7 Å². The van der Waals surface area contributed by atoms with E-state index in [2.05, 4.69) is 14.8 Å². The van der Waals surface area contributed by atoms with E-state index in [1.807, 2.05) is 6.92 Å². The molecule has 0 aliphatic rings. The number of halogens is 1. The number of aryl methyl sites for hydroxylation is 3. The molecule has 3 rings (SSSR count). The SMILES string of the molecule is Cc1ccc(S(=O)(=O)Nc2c(C)nn(C)c2C(=O)N(C)c2cccnc2Cl)cc1. The van der Waals surface area contributed by atoms with Crippen LogP contribution < -0.4 is 9.62 Å². The lowest BCUT2D eigenvalue weighted by molar-refractivity contribution is 0.0985. The van der Waals surface area contributed by atoms with Crippen molar-refractivity contribution >= 4 is 38.9 Å². The number of hydrogen-bond donors (Lipinski definition) is 1. The number of nitrogens with one attached hydrogen (secondary N) is 1. The summed E-state index contributed by atoms with van der Waals surface area (Å²) in [6, 6.07) is 9.72. The minimum Gasteiger partial charge on any atom is -0.307 e. The molecule has 0 bridgehead atoms. The Labute approximate surface area is 174 Å². The fourth-order valence-electron chi connectivity index (χ4n) is 2.83. The van der Waals surface area contributed by atoms with Crippen molar-refractivity contribution < 1.29 is 13.2 Å². The molecule has 152 valence electrons. The fraction of sp³-hybridized carbons (Fsp3) is 0.211. The summed E-state index contributed by atoms with van der Waals surface area (Å²) in [6.07, 6.45) is 1.51. The van der Waals surface area contributed by atoms with Crippen molar-refractivity contribution in [2.45, 2.75) is 18.7 Å². The van der Waals surface area contributed by atoms with E-state index in [0.717, 1.165) is 5.56 Å².